The van der Waals surface area contributed by atoms with Crippen LogP contribution in [-0.4, -0.2) is 0 Å². The van der Waals surface area contributed by atoms with Gasteiger partial charge in [0.05, 0.1) is 0 Å². The Morgan fingerprint density at radius 2 is 1.00 bits per heavy atom. The van der Waals surface area contributed by atoms with Gasteiger partial charge in [-0.05, 0) is 58.2 Å². The van der Waals surface area contributed by atoms with E-state index in [1.54, 1.807) is 0 Å². The van der Waals surface area contributed by atoms with Crippen molar-refractivity contribution in [3.8, 4) is 0 Å². The van der Waals surface area contributed by atoms with E-state index in [4.69, 9.17) is 0 Å². The summed E-state index contributed by atoms with van der Waals surface area (Å²) in [4.78, 5) is 0. The first-order chi connectivity index (χ1) is 10.9. The number of hydrogen-bond acceptors (Lipinski definition) is 0. The summed E-state index contributed by atoms with van der Waals surface area (Å²) < 4.78 is 0. The second kappa shape index (κ2) is 8.35. The van der Waals surface area contributed by atoms with Crippen molar-refractivity contribution in [3.63, 3.8) is 0 Å². The van der Waals surface area contributed by atoms with Gasteiger partial charge in [0.1, 0.15) is 0 Å². The third-order valence-electron chi connectivity index (χ3n) is 9.16. The molecule has 0 aromatic carbocycles. The van der Waals surface area contributed by atoms with Gasteiger partial charge in [-0.25, -0.2) is 0 Å². The van der Waals surface area contributed by atoms with Crippen LogP contribution in [0.4, 0.5) is 0 Å². The Balaban J connectivity index is 5.35. The molecule has 0 amide bonds. The van der Waals surface area contributed by atoms with Crippen molar-refractivity contribution in [2.24, 2.45) is 45.3 Å². The van der Waals surface area contributed by atoms with Crippen LogP contribution in [0.2, 0.25) is 0 Å². The Bertz CT molecular complexity index is 391. The lowest BCUT2D eigenvalue weighted by Gasteiger charge is -2.56. The molecule has 0 N–H and O–H groups in total. The molecular formula is C25H52. The highest BCUT2D eigenvalue weighted by molar-refractivity contribution is 4.99. The summed E-state index contributed by atoms with van der Waals surface area (Å²) >= 11 is 0. The highest BCUT2D eigenvalue weighted by Crippen LogP contribution is 2.58. The molecule has 0 heteroatoms. The van der Waals surface area contributed by atoms with Crippen LogP contribution in [0.3, 0.4) is 0 Å². The van der Waals surface area contributed by atoms with E-state index in [-0.39, 0.29) is 0 Å². The van der Waals surface area contributed by atoms with Crippen molar-refractivity contribution in [1.29, 1.82) is 0 Å². The van der Waals surface area contributed by atoms with Crippen LogP contribution >= 0.6 is 0 Å². The molecule has 0 rings (SSSR count). The van der Waals surface area contributed by atoms with Crippen LogP contribution in [0.5, 0.6) is 0 Å². The Morgan fingerprint density at radius 3 is 1.36 bits per heavy atom. The minimum Gasteiger partial charge on any atom is -0.0651 e. The first kappa shape index (κ1) is 25.0. The average Bonchev–Trinajstić information content (AvgIpc) is 2.48. The van der Waals surface area contributed by atoms with Crippen LogP contribution in [0.1, 0.15) is 116 Å². The van der Waals surface area contributed by atoms with Gasteiger partial charge < -0.3 is 0 Å². The summed E-state index contributed by atoms with van der Waals surface area (Å²) in [7, 11) is 0. The monoisotopic (exact) mass is 352 g/mol. The molecule has 0 aliphatic rings. The van der Waals surface area contributed by atoms with E-state index < -0.39 is 0 Å². The summed E-state index contributed by atoms with van der Waals surface area (Å²) in [5, 5.41) is 0. The predicted octanol–water partition coefficient (Wildman–Crippen LogP) is 8.85. The SMILES string of the molecule is CCC(C)C(C)CCC(C)(C)C(C)C(C)(C)C(C)(C)C(C)C(C)(C)C. The molecule has 0 aliphatic heterocycles. The second-order valence-corrected chi connectivity index (χ2v) is 12.1. The van der Waals surface area contributed by atoms with Crippen molar-refractivity contribution in [2.45, 2.75) is 116 Å². The van der Waals surface area contributed by atoms with Crippen molar-refractivity contribution in [1.82, 2.24) is 0 Å². The van der Waals surface area contributed by atoms with Crippen LogP contribution in [0.15, 0.2) is 0 Å². The van der Waals surface area contributed by atoms with Crippen LogP contribution in [-0.2, 0) is 0 Å². The maximum absolute atomic E-state index is 2.53. The normalized spacial score (nSPS) is 19.4. The fourth-order valence-corrected chi connectivity index (χ4v) is 4.68. The van der Waals surface area contributed by atoms with Crippen LogP contribution in [0.25, 0.3) is 0 Å². The van der Waals surface area contributed by atoms with Crippen molar-refractivity contribution >= 4 is 0 Å². The first-order valence-electron chi connectivity index (χ1n) is 10.9. The van der Waals surface area contributed by atoms with Gasteiger partial charge in [-0.15, -0.1) is 0 Å². The molecule has 0 aliphatic carbocycles. The molecule has 152 valence electrons. The lowest BCUT2D eigenvalue weighted by molar-refractivity contribution is -0.0779. The van der Waals surface area contributed by atoms with Gasteiger partial charge in [0.25, 0.3) is 0 Å². The first-order valence-corrected chi connectivity index (χ1v) is 10.9. The van der Waals surface area contributed by atoms with Gasteiger partial charge in [-0.2, -0.15) is 0 Å². The molecule has 0 spiro atoms. The maximum atomic E-state index is 2.53. The molecule has 0 heterocycles. The van der Waals surface area contributed by atoms with E-state index in [0.717, 1.165) is 11.8 Å². The van der Waals surface area contributed by atoms with E-state index in [1.165, 1.54) is 19.3 Å². The second-order valence-electron chi connectivity index (χ2n) is 12.1. The van der Waals surface area contributed by atoms with Gasteiger partial charge in [0.15, 0.2) is 0 Å². The van der Waals surface area contributed by atoms with Gasteiger partial charge >= 0.3 is 0 Å². The third-order valence-corrected chi connectivity index (χ3v) is 9.16. The number of hydrogen-bond donors (Lipinski definition) is 0. The summed E-state index contributed by atoms with van der Waals surface area (Å²) in [5.74, 6) is 3.04. The molecule has 0 aromatic heterocycles. The molecular weight excluding hydrogens is 300 g/mol. The third kappa shape index (κ3) is 5.74. The van der Waals surface area contributed by atoms with Gasteiger partial charge in [-0.3, -0.25) is 0 Å². The van der Waals surface area contributed by atoms with Gasteiger partial charge in [0, 0.05) is 0 Å². The summed E-state index contributed by atoms with van der Waals surface area (Å²) in [5.41, 5.74) is 1.31. The largest absolute Gasteiger partial charge is 0.0651 e. The Hall–Kier alpha value is 0. The summed E-state index contributed by atoms with van der Waals surface area (Å²) in [6, 6.07) is 0. The van der Waals surface area contributed by atoms with E-state index in [0.29, 0.717) is 33.5 Å². The smallest absolute Gasteiger partial charge is 0.0269 e. The zero-order valence-corrected chi connectivity index (χ0v) is 20.4. The molecule has 0 aromatic rings. The highest BCUT2D eigenvalue weighted by Gasteiger charge is 2.50. The molecule has 25 heavy (non-hydrogen) atoms. The zero-order valence-electron chi connectivity index (χ0n) is 20.4. The number of rotatable bonds is 9. The van der Waals surface area contributed by atoms with Crippen molar-refractivity contribution in [2.75, 3.05) is 0 Å². The molecule has 4 atom stereocenters. The molecule has 0 saturated heterocycles. The molecule has 0 saturated carbocycles. The summed E-state index contributed by atoms with van der Waals surface area (Å²) in [6.45, 7) is 34.5. The predicted molar refractivity (Wildman–Crippen MR) is 117 cm³/mol. The maximum Gasteiger partial charge on any atom is -0.0269 e. The zero-order chi connectivity index (χ0) is 20.4. The van der Waals surface area contributed by atoms with E-state index in [9.17, 15) is 0 Å². The minimum absolute atomic E-state index is 0.294. The van der Waals surface area contributed by atoms with E-state index in [1.807, 2.05) is 0 Å². The Kier molecular flexibility index (Phi) is 8.35. The lowest BCUT2D eigenvalue weighted by atomic mass is 9.48. The quantitative estimate of drug-likeness (QED) is 0.388. The molecule has 0 bridgehead atoms. The summed E-state index contributed by atoms with van der Waals surface area (Å²) in [6.07, 6.45) is 4.00. The van der Waals surface area contributed by atoms with Gasteiger partial charge in [0.2, 0.25) is 0 Å². The molecule has 4 unspecified atom stereocenters. The van der Waals surface area contributed by atoms with Crippen molar-refractivity contribution in [3.05, 3.63) is 0 Å². The molecule has 0 fully saturated rings. The minimum atomic E-state index is 0.294. The van der Waals surface area contributed by atoms with Crippen LogP contribution in [0, 0.1) is 45.3 Å². The Labute approximate surface area is 161 Å². The Morgan fingerprint density at radius 1 is 0.600 bits per heavy atom. The average molecular weight is 353 g/mol. The van der Waals surface area contributed by atoms with Crippen LogP contribution < -0.4 is 0 Å². The fourth-order valence-electron chi connectivity index (χ4n) is 4.68. The van der Waals surface area contributed by atoms with E-state index >= 15 is 0 Å². The fraction of sp³-hybridized carbons (Fsp3) is 1.00. The standard InChI is InChI=1S/C25H52/c1-15-18(2)19(3)16-17-23(9,10)21(5)25(13,14)24(11,12)20(4)22(6,7)8/h18-21H,15-17H2,1-14H3. The van der Waals surface area contributed by atoms with E-state index in [2.05, 4.69) is 96.9 Å². The van der Waals surface area contributed by atoms with Gasteiger partial charge in [-0.1, -0.05) is 103 Å². The lowest BCUT2D eigenvalue weighted by Crippen LogP contribution is -2.49. The molecule has 0 nitrogen and oxygen atoms in total. The van der Waals surface area contributed by atoms with Crippen molar-refractivity contribution < 1.29 is 0 Å². The topological polar surface area (TPSA) is 0 Å². The molecule has 0 radical (unpaired) electrons. The highest BCUT2D eigenvalue weighted by atomic mass is 14.6.